The van der Waals surface area contributed by atoms with Gasteiger partial charge in [0.1, 0.15) is 11.3 Å². The molecular weight excluding hydrogens is 262 g/mol. The summed E-state index contributed by atoms with van der Waals surface area (Å²) < 4.78 is 7.96. The third kappa shape index (κ3) is 2.74. The summed E-state index contributed by atoms with van der Waals surface area (Å²) in [7, 11) is 0. The Bertz CT molecular complexity index is 549. The lowest BCUT2D eigenvalue weighted by atomic mass is 10.2. The van der Waals surface area contributed by atoms with Crippen molar-refractivity contribution in [1.82, 2.24) is 14.5 Å². The standard InChI is InChI=1S/C14H18ClN3O/c15-6-3-14-17-12-10-16-7-4-13(12)18(14)8-5-11-2-1-9-19-11/h4,7,10-11H,1-3,5-6,8-9H2. The van der Waals surface area contributed by atoms with Crippen molar-refractivity contribution < 1.29 is 4.74 Å². The van der Waals surface area contributed by atoms with Crippen molar-refractivity contribution in [2.45, 2.75) is 38.3 Å². The Morgan fingerprint density at radius 3 is 3.21 bits per heavy atom. The highest BCUT2D eigenvalue weighted by Gasteiger charge is 2.17. The second-order valence-electron chi connectivity index (χ2n) is 4.91. The maximum absolute atomic E-state index is 5.87. The molecule has 5 heteroatoms. The van der Waals surface area contributed by atoms with Crippen LogP contribution in [0.3, 0.4) is 0 Å². The van der Waals surface area contributed by atoms with Crippen LogP contribution in [-0.4, -0.2) is 33.1 Å². The van der Waals surface area contributed by atoms with E-state index in [0.29, 0.717) is 12.0 Å². The molecule has 1 aliphatic rings. The summed E-state index contributed by atoms with van der Waals surface area (Å²) in [5, 5.41) is 0. The second-order valence-corrected chi connectivity index (χ2v) is 5.28. The lowest BCUT2D eigenvalue weighted by Gasteiger charge is -2.12. The molecule has 0 saturated carbocycles. The molecule has 4 nitrogen and oxygen atoms in total. The molecule has 0 bridgehead atoms. The van der Waals surface area contributed by atoms with Gasteiger partial charge in [-0.05, 0) is 25.3 Å². The van der Waals surface area contributed by atoms with Crippen LogP contribution >= 0.6 is 11.6 Å². The lowest BCUT2D eigenvalue weighted by Crippen LogP contribution is -2.12. The SMILES string of the molecule is ClCCc1nc2cnccc2n1CCC1CCCO1. The first-order chi connectivity index (χ1) is 9.38. The Morgan fingerprint density at radius 2 is 2.42 bits per heavy atom. The average molecular weight is 280 g/mol. The van der Waals surface area contributed by atoms with Gasteiger partial charge in [0.2, 0.25) is 0 Å². The molecule has 1 fully saturated rings. The predicted molar refractivity (Wildman–Crippen MR) is 75.5 cm³/mol. The summed E-state index contributed by atoms with van der Waals surface area (Å²) >= 11 is 5.87. The third-order valence-electron chi connectivity index (χ3n) is 3.65. The zero-order chi connectivity index (χ0) is 13.1. The first-order valence-corrected chi connectivity index (χ1v) is 7.38. The van der Waals surface area contributed by atoms with Crippen molar-refractivity contribution in [1.29, 1.82) is 0 Å². The maximum atomic E-state index is 5.87. The van der Waals surface area contributed by atoms with E-state index >= 15 is 0 Å². The fourth-order valence-electron chi connectivity index (χ4n) is 2.70. The van der Waals surface area contributed by atoms with E-state index in [1.54, 1.807) is 0 Å². The van der Waals surface area contributed by atoms with E-state index in [1.807, 2.05) is 18.5 Å². The van der Waals surface area contributed by atoms with Crippen LogP contribution in [0, 0.1) is 0 Å². The Labute approximate surface area is 117 Å². The first-order valence-electron chi connectivity index (χ1n) is 6.85. The molecule has 102 valence electrons. The molecule has 1 unspecified atom stereocenters. The van der Waals surface area contributed by atoms with E-state index in [0.717, 1.165) is 42.9 Å². The molecule has 0 radical (unpaired) electrons. The molecule has 0 spiro atoms. The van der Waals surface area contributed by atoms with Crippen molar-refractivity contribution >= 4 is 22.6 Å². The van der Waals surface area contributed by atoms with Crippen LogP contribution in [0.4, 0.5) is 0 Å². The minimum atomic E-state index is 0.406. The summed E-state index contributed by atoms with van der Waals surface area (Å²) in [6.07, 6.45) is 8.24. The van der Waals surface area contributed by atoms with Crippen LogP contribution in [0.1, 0.15) is 25.1 Å². The zero-order valence-electron chi connectivity index (χ0n) is 10.9. The van der Waals surface area contributed by atoms with E-state index < -0.39 is 0 Å². The molecule has 0 amide bonds. The quantitative estimate of drug-likeness (QED) is 0.790. The van der Waals surface area contributed by atoms with Crippen molar-refractivity contribution in [3.05, 3.63) is 24.3 Å². The molecule has 3 rings (SSSR count). The lowest BCUT2D eigenvalue weighted by molar-refractivity contribution is 0.100. The molecule has 1 saturated heterocycles. The Hall–Kier alpha value is -1.13. The predicted octanol–water partition coefficient (Wildman–Crippen LogP) is 2.78. The minimum absolute atomic E-state index is 0.406. The van der Waals surface area contributed by atoms with E-state index in [-0.39, 0.29) is 0 Å². The zero-order valence-corrected chi connectivity index (χ0v) is 11.6. The summed E-state index contributed by atoms with van der Waals surface area (Å²) in [6.45, 7) is 1.85. The van der Waals surface area contributed by atoms with Crippen molar-refractivity contribution in [2.24, 2.45) is 0 Å². The molecule has 0 N–H and O–H groups in total. The molecule has 1 atom stereocenters. The smallest absolute Gasteiger partial charge is 0.111 e. The normalized spacial score (nSPS) is 19.3. The number of pyridine rings is 1. The van der Waals surface area contributed by atoms with Crippen LogP contribution < -0.4 is 0 Å². The number of aromatic nitrogens is 3. The third-order valence-corrected chi connectivity index (χ3v) is 3.84. The highest BCUT2D eigenvalue weighted by molar-refractivity contribution is 6.17. The number of fused-ring (bicyclic) bond motifs is 1. The van der Waals surface area contributed by atoms with Gasteiger partial charge in [0.15, 0.2) is 0 Å². The second kappa shape index (κ2) is 5.88. The van der Waals surface area contributed by atoms with E-state index in [2.05, 4.69) is 14.5 Å². The van der Waals surface area contributed by atoms with E-state index in [9.17, 15) is 0 Å². The van der Waals surface area contributed by atoms with Gasteiger partial charge in [-0.25, -0.2) is 4.98 Å². The summed E-state index contributed by atoms with van der Waals surface area (Å²) in [4.78, 5) is 8.75. The number of halogens is 1. The number of ether oxygens (including phenoxy) is 1. The highest BCUT2D eigenvalue weighted by atomic mass is 35.5. The largest absolute Gasteiger partial charge is 0.378 e. The van der Waals surface area contributed by atoms with Crippen LogP contribution in [0.25, 0.3) is 11.0 Å². The van der Waals surface area contributed by atoms with Gasteiger partial charge in [0.05, 0.1) is 17.8 Å². The number of nitrogens with zero attached hydrogens (tertiary/aromatic N) is 3. The number of aryl methyl sites for hydroxylation is 2. The highest BCUT2D eigenvalue weighted by Crippen LogP contribution is 2.20. The van der Waals surface area contributed by atoms with Gasteiger partial charge >= 0.3 is 0 Å². The van der Waals surface area contributed by atoms with Crippen molar-refractivity contribution in [3.8, 4) is 0 Å². The summed E-state index contributed by atoms with van der Waals surface area (Å²) in [5.74, 6) is 1.65. The summed E-state index contributed by atoms with van der Waals surface area (Å²) in [6, 6.07) is 2.02. The number of hydrogen-bond acceptors (Lipinski definition) is 3. The number of hydrogen-bond donors (Lipinski definition) is 0. The van der Waals surface area contributed by atoms with Gasteiger partial charge in [-0.3, -0.25) is 4.98 Å². The van der Waals surface area contributed by atoms with Gasteiger partial charge in [0.25, 0.3) is 0 Å². The van der Waals surface area contributed by atoms with Gasteiger partial charge in [-0.2, -0.15) is 0 Å². The fraction of sp³-hybridized carbons (Fsp3) is 0.571. The summed E-state index contributed by atoms with van der Waals surface area (Å²) in [5.41, 5.74) is 2.10. The maximum Gasteiger partial charge on any atom is 0.111 e. The van der Waals surface area contributed by atoms with Gasteiger partial charge in [0, 0.05) is 31.6 Å². The number of imidazole rings is 1. The van der Waals surface area contributed by atoms with E-state index in [4.69, 9.17) is 16.3 Å². The number of alkyl halides is 1. The molecule has 0 aromatic carbocycles. The molecule has 1 aliphatic heterocycles. The van der Waals surface area contributed by atoms with Crippen molar-refractivity contribution in [2.75, 3.05) is 12.5 Å². The molecule has 2 aromatic rings. The molecule has 3 heterocycles. The molecule has 19 heavy (non-hydrogen) atoms. The molecule has 2 aromatic heterocycles. The van der Waals surface area contributed by atoms with E-state index in [1.165, 1.54) is 12.8 Å². The topological polar surface area (TPSA) is 39.9 Å². The Kier molecular flexibility index (Phi) is 3.99. The van der Waals surface area contributed by atoms with Gasteiger partial charge in [-0.1, -0.05) is 0 Å². The van der Waals surface area contributed by atoms with Gasteiger partial charge in [-0.15, -0.1) is 11.6 Å². The monoisotopic (exact) mass is 279 g/mol. The minimum Gasteiger partial charge on any atom is -0.378 e. The van der Waals surface area contributed by atoms with Crippen molar-refractivity contribution in [3.63, 3.8) is 0 Å². The number of rotatable bonds is 5. The first kappa shape index (κ1) is 12.9. The van der Waals surface area contributed by atoms with Crippen LogP contribution in [-0.2, 0) is 17.7 Å². The fourth-order valence-corrected chi connectivity index (χ4v) is 2.87. The molecule has 0 aliphatic carbocycles. The van der Waals surface area contributed by atoms with Crippen LogP contribution in [0.15, 0.2) is 18.5 Å². The Balaban J connectivity index is 1.84. The van der Waals surface area contributed by atoms with Crippen LogP contribution in [0.2, 0.25) is 0 Å². The van der Waals surface area contributed by atoms with Gasteiger partial charge < -0.3 is 9.30 Å². The Morgan fingerprint density at radius 1 is 1.47 bits per heavy atom. The van der Waals surface area contributed by atoms with Crippen LogP contribution in [0.5, 0.6) is 0 Å². The molecular formula is C14H18ClN3O. The average Bonchev–Trinajstić information content (AvgIpc) is 3.04.